The molecule has 3 nitrogen and oxygen atoms in total. The van der Waals surface area contributed by atoms with Gasteiger partial charge in [0.15, 0.2) is 11.6 Å². The topological polar surface area (TPSA) is 38.5 Å². The fourth-order valence-corrected chi connectivity index (χ4v) is 2.18. The zero-order chi connectivity index (χ0) is 13.1. The third kappa shape index (κ3) is 2.86. The zero-order valence-electron chi connectivity index (χ0n) is 11.1. The molecule has 0 aromatic heterocycles. The number of nitrogens with zero attached hydrogens (tertiary/aromatic N) is 1. The van der Waals surface area contributed by atoms with Crippen molar-refractivity contribution in [3.63, 3.8) is 0 Å². The van der Waals surface area contributed by atoms with E-state index in [4.69, 9.17) is 10.5 Å². The monoisotopic (exact) mass is 252 g/mol. The number of rotatable bonds is 6. The molecule has 0 atom stereocenters. The fraction of sp³-hybridized carbons (Fsp3) is 0.571. The molecule has 0 unspecified atom stereocenters. The summed E-state index contributed by atoms with van der Waals surface area (Å²) in [5.41, 5.74) is 7.31. The third-order valence-corrected chi connectivity index (χ3v) is 3.31. The number of nitrogen functional groups attached to an aromatic ring is 1. The predicted octanol–water partition coefficient (Wildman–Crippen LogP) is 3.04. The highest BCUT2D eigenvalue weighted by molar-refractivity contribution is 5.70. The fourth-order valence-electron chi connectivity index (χ4n) is 2.18. The third-order valence-electron chi connectivity index (χ3n) is 3.31. The molecule has 2 N–H and O–H groups in total. The van der Waals surface area contributed by atoms with Crippen LogP contribution in [0.3, 0.4) is 0 Å². The van der Waals surface area contributed by atoms with Gasteiger partial charge in [-0.15, -0.1) is 0 Å². The van der Waals surface area contributed by atoms with Gasteiger partial charge in [-0.05, 0) is 25.2 Å². The molecule has 1 aromatic carbocycles. The van der Waals surface area contributed by atoms with Crippen LogP contribution in [-0.2, 0) is 0 Å². The number of benzene rings is 1. The molecule has 1 aliphatic rings. The average molecular weight is 252 g/mol. The number of methoxy groups -OCH3 is 1. The number of anilines is 2. The first kappa shape index (κ1) is 13.0. The van der Waals surface area contributed by atoms with E-state index in [9.17, 15) is 4.39 Å². The van der Waals surface area contributed by atoms with Crippen LogP contribution in [0.1, 0.15) is 26.2 Å². The van der Waals surface area contributed by atoms with Crippen molar-refractivity contribution >= 4 is 11.4 Å². The number of halogens is 1. The number of hydrogen-bond acceptors (Lipinski definition) is 3. The van der Waals surface area contributed by atoms with Crippen molar-refractivity contribution in [1.82, 2.24) is 0 Å². The summed E-state index contributed by atoms with van der Waals surface area (Å²) in [6.45, 7) is 4.08. The lowest BCUT2D eigenvalue weighted by Crippen LogP contribution is -2.27. The van der Waals surface area contributed by atoms with E-state index in [2.05, 4.69) is 11.8 Å². The largest absolute Gasteiger partial charge is 0.494 e. The molecule has 100 valence electrons. The molecular weight excluding hydrogens is 231 g/mol. The first-order chi connectivity index (χ1) is 8.65. The van der Waals surface area contributed by atoms with Gasteiger partial charge in [-0.1, -0.05) is 6.92 Å². The maximum Gasteiger partial charge on any atom is 0.167 e. The van der Waals surface area contributed by atoms with E-state index in [0.717, 1.165) is 31.1 Å². The molecule has 2 rings (SSSR count). The van der Waals surface area contributed by atoms with Crippen LogP contribution in [-0.4, -0.2) is 20.2 Å². The SMILES string of the molecule is CCCN(CC1CC1)c1cc(OC)c(F)cc1N. The van der Waals surface area contributed by atoms with E-state index < -0.39 is 5.82 Å². The van der Waals surface area contributed by atoms with Crippen molar-refractivity contribution in [3.8, 4) is 5.75 Å². The van der Waals surface area contributed by atoms with Gasteiger partial charge < -0.3 is 15.4 Å². The van der Waals surface area contributed by atoms with Crippen molar-refractivity contribution in [3.05, 3.63) is 17.9 Å². The van der Waals surface area contributed by atoms with Gasteiger partial charge in [0.1, 0.15) is 0 Å². The molecule has 1 fully saturated rings. The van der Waals surface area contributed by atoms with Crippen molar-refractivity contribution in [2.75, 3.05) is 30.8 Å². The molecule has 0 radical (unpaired) electrons. The van der Waals surface area contributed by atoms with E-state index in [1.807, 2.05) is 0 Å². The second kappa shape index (κ2) is 5.46. The van der Waals surface area contributed by atoms with Crippen molar-refractivity contribution < 1.29 is 9.13 Å². The summed E-state index contributed by atoms with van der Waals surface area (Å²) in [4.78, 5) is 2.24. The molecule has 1 aromatic rings. The molecule has 0 spiro atoms. The van der Waals surface area contributed by atoms with Gasteiger partial charge in [-0.3, -0.25) is 0 Å². The van der Waals surface area contributed by atoms with E-state index in [1.54, 1.807) is 6.07 Å². The lowest BCUT2D eigenvalue weighted by Gasteiger charge is -2.26. The van der Waals surface area contributed by atoms with Crippen LogP contribution < -0.4 is 15.4 Å². The van der Waals surface area contributed by atoms with Crippen LogP contribution in [0.15, 0.2) is 12.1 Å². The smallest absolute Gasteiger partial charge is 0.167 e. The molecule has 4 heteroatoms. The Morgan fingerprint density at radius 3 is 2.72 bits per heavy atom. The van der Waals surface area contributed by atoms with Gasteiger partial charge in [-0.2, -0.15) is 0 Å². The molecular formula is C14H21FN2O. The van der Waals surface area contributed by atoms with Crippen molar-refractivity contribution in [2.24, 2.45) is 5.92 Å². The molecule has 0 heterocycles. The van der Waals surface area contributed by atoms with Gasteiger partial charge in [0, 0.05) is 25.2 Å². The van der Waals surface area contributed by atoms with Gasteiger partial charge in [0.25, 0.3) is 0 Å². The van der Waals surface area contributed by atoms with Crippen molar-refractivity contribution in [1.29, 1.82) is 0 Å². The number of hydrogen-bond donors (Lipinski definition) is 1. The van der Waals surface area contributed by atoms with Crippen LogP contribution in [0.5, 0.6) is 5.75 Å². The summed E-state index contributed by atoms with van der Waals surface area (Å²) in [7, 11) is 1.48. The summed E-state index contributed by atoms with van der Waals surface area (Å²) < 4.78 is 18.6. The summed E-state index contributed by atoms with van der Waals surface area (Å²) in [6, 6.07) is 3.06. The molecule has 0 bridgehead atoms. The quantitative estimate of drug-likeness (QED) is 0.791. The minimum Gasteiger partial charge on any atom is -0.494 e. The highest BCUT2D eigenvalue weighted by Gasteiger charge is 2.25. The van der Waals surface area contributed by atoms with Crippen LogP contribution in [0.4, 0.5) is 15.8 Å². The summed E-state index contributed by atoms with van der Waals surface area (Å²) in [6.07, 6.45) is 3.63. The van der Waals surface area contributed by atoms with E-state index in [1.165, 1.54) is 26.0 Å². The Balaban J connectivity index is 2.26. The Hall–Kier alpha value is -1.45. The van der Waals surface area contributed by atoms with Crippen LogP contribution in [0.25, 0.3) is 0 Å². The van der Waals surface area contributed by atoms with E-state index >= 15 is 0 Å². The Kier molecular flexibility index (Phi) is 3.94. The van der Waals surface area contributed by atoms with Gasteiger partial charge in [-0.25, -0.2) is 4.39 Å². The maximum absolute atomic E-state index is 13.5. The molecule has 1 saturated carbocycles. The lowest BCUT2D eigenvalue weighted by molar-refractivity contribution is 0.386. The van der Waals surface area contributed by atoms with Crippen molar-refractivity contribution in [2.45, 2.75) is 26.2 Å². The Morgan fingerprint density at radius 1 is 1.44 bits per heavy atom. The summed E-state index contributed by atoms with van der Waals surface area (Å²) in [5.74, 6) is 0.629. The standard InChI is InChI=1S/C14H21FN2O/c1-3-6-17(9-10-4-5-10)13-8-14(18-2)11(15)7-12(13)16/h7-8,10H,3-6,9,16H2,1-2H3. The first-order valence-electron chi connectivity index (χ1n) is 6.53. The van der Waals surface area contributed by atoms with Gasteiger partial charge >= 0.3 is 0 Å². The van der Waals surface area contributed by atoms with E-state index in [-0.39, 0.29) is 5.75 Å². The molecule has 0 aliphatic heterocycles. The minimum absolute atomic E-state index is 0.260. The number of nitrogens with two attached hydrogens (primary N) is 1. The number of ether oxygens (including phenoxy) is 1. The highest BCUT2D eigenvalue weighted by atomic mass is 19.1. The summed E-state index contributed by atoms with van der Waals surface area (Å²) in [5, 5.41) is 0. The predicted molar refractivity (Wildman–Crippen MR) is 72.6 cm³/mol. The summed E-state index contributed by atoms with van der Waals surface area (Å²) >= 11 is 0. The molecule has 1 aliphatic carbocycles. The minimum atomic E-state index is -0.401. The van der Waals surface area contributed by atoms with Gasteiger partial charge in [0.2, 0.25) is 0 Å². The Morgan fingerprint density at radius 2 is 2.17 bits per heavy atom. The van der Waals surface area contributed by atoms with Crippen LogP contribution in [0.2, 0.25) is 0 Å². The molecule has 18 heavy (non-hydrogen) atoms. The zero-order valence-corrected chi connectivity index (χ0v) is 11.1. The van der Waals surface area contributed by atoms with Crippen LogP contribution >= 0.6 is 0 Å². The normalized spacial score (nSPS) is 14.6. The lowest BCUT2D eigenvalue weighted by atomic mass is 10.2. The van der Waals surface area contributed by atoms with Crippen LogP contribution in [0, 0.1) is 11.7 Å². The second-order valence-electron chi connectivity index (χ2n) is 4.93. The first-order valence-corrected chi connectivity index (χ1v) is 6.53. The second-order valence-corrected chi connectivity index (χ2v) is 4.93. The van der Waals surface area contributed by atoms with E-state index in [0.29, 0.717) is 5.69 Å². The maximum atomic E-state index is 13.5. The Bertz CT molecular complexity index is 419. The molecule has 0 saturated heterocycles. The highest BCUT2D eigenvalue weighted by Crippen LogP contribution is 2.35. The van der Waals surface area contributed by atoms with Gasteiger partial charge in [0.05, 0.1) is 18.5 Å². The molecule has 0 amide bonds. The Labute approximate surface area is 108 Å². The average Bonchev–Trinajstić information content (AvgIpc) is 3.13.